The van der Waals surface area contributed by atoms with Crippen molar-refractivity contribution in [2.24, 2.45) is 25.0 Å². The molecule has 7 aromatic rings. The molecule has 5 aliphatic rings. The Labute approximate surface area is 636 Å². The monoisotopic (exact) mass is 1560 g/mol. The van der Waals surface area contributed by atoms with Gasteiger partial charge in [0, 0.05) is 84.3 Å². The number of aryl methyl sites for hydroxylation is 4. The number of carbonyl (C=O) groups excluding carboxylic acids is 1. The zero-order chi connectivity index (χ0) is 81.4. The molecule has 18 N–H and O–H groups in total. The molecule has 4 aromatic carbocycles. The number of hydrogen-bond donors (Lipinski definition) is 17. The molecule has 0 bridgehead atoms. The Kier molecular flexibility index (Phi) is 27.5. The van der Waals surface area contributed by atoms with E-state index in [4.69, 9.17) is 25.6 Å². The van der Waals surface area contributed by atoms with Gasteiger partial charge in [-0.1, -0.05) is 19.7 Å². The van der Waals surface area contributed by atoms with Crippen LogP contribution in [0.15, 0.2) is 87.9 Å². The number of aromatic amines is 3. The molecule has 5 aliphatic heterocycles. The Hall–Kier alpha value is -10.5. The fourth-order valence-corrected chi connectivity index (χ4v) is 13.2. The van der Waals surface area contributed by atoms with Crippen LogP contribution in [-0.2, 0) is 13.9 Å². The smallest absolute Gasteiger partial charge is 0.325 e. The average molecular weight is 1560 g/mol. The molecule has 111 heavy (non-hydrogen) atoms. The van der Waals surface area contributed by atoms with Crippen LogP contribution in [0.1, 0.15) is 60.8 Å². The number of nitrogen functional groups attached to an aromatic ring is 1. The maximum Gasteiger partial charge on any atom is 0.325 e. The molecule has 12 rings (SSSR count). The van der Waals surface area contributed by atoms with Crippen LogP contribution in [0, 0.1) is 27.7 Å². The summed E-state index contributed by atoms with van der Waals surface area (Å²) in [5.41, 5.74) is 17.9. The molecule has 37 nitrogen and oxygen atoms in total. The van der Waals surface area contributed by atoms with Crippen molar-refractivity contribution in [2.75, 3.05) is 135 Å². The summed E-state index contributed by atoms with van der Waals surface area (Å²) in [5.74, 6) is 0.745. The fraction of sp³-hybridized carbons (Fsp3) is 0.425. The summed E-state index contributed by atoms with van der Waals surface area (Å²) in [7, 11) is 6.23. The highest BCUT2D eigenvalue weighted by atomic mass is 31.2. The minimum atomic E-state index is -3.46. The first-order valence-corrected chi connectivity index (χ1v) is 37.5. The van der Waals surface area contributed by atoms with E-state index in [1.807, 2.05) is 81.9 Å². The number of hydrogen-bond acceptors (Lipinski definition) is 32. The molecule has 0 saturated carbocycles. The number of aliphatic hydroxyl groups is 10. The number of H-pyrrole nitrogens is 3. The van der Waals surface area contributed by atoms with Crippen LogP contribution in [0.5, 0.6) is 0 Å². The topological polar surface area (TPSA) is 534 Å². The summed E-state index contributed by atoms with van der Waals surface area (Å²) in [4.78, 5) is 112. The van der Waals surface area contributed by atoms with Gasteiger partial charge in [0.05, 0.1) is 78.4 Å². The highest BCUT2D eigenvalue weighted by Gasteiger charge is 2.37. The molecule has 0 spiro atoms. The second kappa shape index (κ2) is 36.1. The summed E-state index contributed by atoms with van der Waals surface area (Å²) in [5, 5.41) is 103. The van der Waals surface area contributed by atoms with Gasteiger partial charge in [0.15, 0.2) is 45.1 Å². The van der Waals surface area contributed by atoms with Crippen LogP contribution in [0.4, 0.5) is 85.7 Å². The van der Waals surface area contributed by atoms with Gasteiger partial charge in [0.25, 0.3) is 22.6 Å². The Morgan fingerprint density at radius 2 is 0.964 bits per heavy atom. The lowest BCUT2D eigenvalue weighted by atomic mass is 10.1. The van der Waals surface area contributed by atoms with Gasteiger partial charge in [0.2, 0.25) is 6.35 Å². The zero-order valence-electron chi connectivity index (χ0n) is 63.3. The molecule has 1 amide bonds. The van der Waals surface area contributed by atoms with Crippen LogP contribution in [0.2, 0.25) is 0 Å². The third-order valence-electron chi connectivity index (χ3n) is 18.4. The summed E-state index contributed by atoms with van der Waals surface area (Å²) in [6.45, 7) is 19.7. The van der Waals surface area contributed by atoms with Crippen LogP contribution >= 0.6 is 7.60 Å². The second-order valence-corrected chi connectivity index (χ2v) is 29.3. The van der Waals surface area contributed by atoms with Crippen molar-refractivity contribution in [1.82, 2.24) is 35.2 Å². The number of aliphatic hydroxyl groups excluding tert-OH is 10. The van der Waals surface area contributed by atoms with E-state index in [0.717, 1.165) is 88.5 Å². The summed E-state index contributed by atoms with van der Waals surface area (Å²) in [6.07, 6.45) is -5.77. The number of rotatable bonds is 25. The summed E-state index contributed by atoms with van der Waals surface area (Å²) < 4.78 is 16.1. The summed E-state index contributed by atoms with van der Waals surface area (Å²) in [6, 6.07) is 15.0. The standard InChI is InChI=1S/C19H28N5O5P.C19H25N5O2.C18H23N5O5.C17H21N5O5/c1-12-10-13-15(11-14(12)23(2)3)24(8-6-5-7-9-29-30(4,27)28)17-16(20-13)18(25)22-19(26)21-17;1-12-10-14-16(11-15(12)23(3)4)24(8-6-5-7-9-25)18-17(22-14)19(26)21-13(2)20-18;1-8-4-11-12(5-10(8)19-3)23(6-13(25)16(27)14(26)7-24)17-15(22-11)18(28)21-9(2)20-17;1-7-3-10-11(4-9(7)18)22(5-12(24)15(26)13(25)6-23)16-14(21-10)17(27)20-8(2)19-16/h10-11,19,26H,5-9H2,1-4H3,(H,22,25)(H,27,28);10-11,25H,2,5-9H2,1,3-4H3,(H,21,26);4-5,13-14,16,19,24-27H,2,6-7H2,1,3H3,(H,21,28);3-4,12-13,15,23-26H,2,5-6,18H2,1H3,(H,20,27)/t;;13-,14+,16-;12-,13+,15-/m..00/s1. The first-order valence-electron chi connectivity index (χ1n) is 35.5. The highest BCUT2D eigenvalue weighted by molar-refractivity contribution is 7.51. The van der Waals surface area contributed by atoms with E-state index >= 15 is 0 Å². The number of benzene rings is 4. The third-order valence-corrected chi connectivity index (χ3v) is 19.1. The Bertz CT molecular complexity index is 5310. The molecule has 0 fully saturated rings. The van der Waals surface area contributed by atoms with Gasteiger partial charge in [0.1, 0.15) is 53.1 Å². The van der Waals surface area contributed by atoms with Crippen molar-refractivity contribution >= 4 is 130 Å². The highest BCUT2D eigenvalue weighted by Crippen LogP contribution is 2.44. The van der Waals surface area contributed by atoms with E-state index in [2.05, 4.69) is 96.2 Å². The normalized spacial score (nSPS) is 16.2. The number of amides is 1. The minimum Gasteiger partial charge on any atom is -0.398 e. The first kappa shape index (κ1) is 84.5. The van der Waals surface area contributed by atoms with Crippen molar-refractivity contribution in [3.05, 3.63) is 134 Å². The van der Waals surface area contributed by atoms with Gasteiger partial charge in [-0.15, -0.1) is 0 Å². The lowest BCUT2D eigenvalue weighted by Crippen LogP contribution is -2.53. The molecule has 0 aliphatic carbocycles. The number of aromatic nitrogens is 6. The van der Waals surface area contributed by atoms with E-state index in [-0.39, 0.29) is 70.9 Å². The Morgan fingerprint density at radius 3 is 1.41 bits per heavy atom. The zero-order valence-corrected chi connectivity index (χ0v) is 64.2. The summed E-state index contributed by atoms with van der Waals surface area (Å²) >= 11 is 0. The van der Waals surface area contributed by atoms with Gasteiger partial charge < -0.3 is 121 Å². The molecule has 2 unspecified atom stereocenters. The van der Waals surface area contributed by atoms with E-state index in [9.17, 15) is 64.4 Å². The number of aliphatic imine (C=N–C) groups is 2. The molecule has 8 heterocycles. The van der Waals surface area contributed by atoms with Crippen LogP contribution < -0.4 is 95.0 Å². The van der Waals surface area contributed by atoms with Gasteiger partial charge in [-0.25, -0.2) is 39.9 Å². The Morgan fingerprint density at radius 1 is 0.559 bits per heavy atom. The van der Waals surface area contributed by atoms with Crippen molar-refractivity contribution < 1.29 is 69.8 Å². The molecular weight excluding hydrogens is 1460 g/mol. The molecule has 0 saturated heterocycles. The predicted octanol–water partition coefficient (Wildman–Crippen LogP) is -1.56. The van der Waals surface area contributed by atoms with E-state index in [1.165, 1.54) is 11.6 Å². The first-order chi connectivity index (χ1) is 52.5. The SMILES string of the molecule is C=c1nc2c(c(=O)[nH]1)=Nc1cc(C)c(N(C)C)cc1N2CCCCCO.C=c1nc2c(c(=O)[nH]1)=Nc1cc(C)c(N)cc1N2C[C@H](O)[C@H](O)[C@H](O)CO.C=c1nc2c(c(=O)[nH]1)=Nc1cc(C)c(NC)cc1N2C[C@H](O)[C@H](O)[C@H](O)CO.Cc1cc2c(cc1N(C)C)N(CCCCCOP(C)(=O)O)C1=NC(O)NC(=O)C1=N2. The van der Waals surface area contributed by atoms with Crippen LogP contribution in [-0.4, -0.2) is 241 Å². The van der Waals surface area contributed by atoms with Crippen molar-refractivity contribution in [3.63, 3.8) is 0 Å². The lowest BCUT2D eigenvalue weighted by Gasteiger charge is -2.35. The molecule has 0 radical (unpaired) electrons. The van der Waals surface area contributed by atoms with Gasteiger partial charge in [-0.2, -0.15) is 0 Å². The minimum absolute atomic E-state index is 0.0310. The number of anilines is 11. The maximum atomic E-state index is 12.4. The van der Waals surface area contributed by atoms with E-state index in [1.54, 1.807) is 43.1 Å². The molecular formula is C73H97N20O17P. The van der Waals surface area contributed by atoms with E-state index in [0.29, 0.717) is 76.1 Å². The van der Waals surface area contributed by atoms with Gasteiger partial charge >= 0.3 is 7.60 Å². The molecule has 8 atom stereocenters. The molecule has 38 heteroatoms. The third kappa shape index (κ3) is 19.6. The Balaban J connectivity index is 0.000000170. The largest absolute Gasteiger partial charge is 0.398 e. The number of carbonyl (C=O) groups is 1. The number of unbranched alkanes of at least 4 members (excludes halogenated alkanes) is 4. The number of β-amino-alcohol motifs (C(OH)–C–C–N with tert-alkyl or cyclic N) is 2. The average Bonchev–Trinajstić information content (AvgIpc) is 0.772. The van der Waals surface area contributed by atoms with Crippen molar-refractivity contribution in [3.8, 4) is 0 Å². The van der Waals surface area contributed by atoms with Crippen LogP contribution in [0.3, 0.4) is 0 Å². The number of amidine groups is 1. The van der Waals surface area contributed by atoms with E-state index < -0.39 is 80.8 Å². The number of fused-ring (bicyclic) bond motifs is 8. The molecule has 3 aromatic heterocycles. The number of nitrogens with zero attached hydrogens (tertiary/aromatic N) is 14. The number of nitrogens with one attached hydrogen (secondary N) is 5. The van der Waals surface area contributed by atoms with Gasteiger partial charge in [-0.05, 0) is 137 Å². The van der Waals surface area contributed by atoms with Gasteiger partial charge in [-0.3, -0.25) is 23.7 Å². The maximum absolute atomic E-state index is 12.4. The van der Waals surface area contributed by atoms with Crippen molar-refractivity contribution in [2.45, 2.75) is 109 Å². The number of nitrogens with two attached hydrogens (primary N) is 1. The predicted molar refractivity (Wildman–Crippen MR) is 424 cm³/mol. The van der Waals surface area contributed by atoms with Crippen LogP contribution in [0.25, 0.3) is 19.7 Å². The fourth-order valence-electron chi connectivity index (χ4n) is 12.8. The van der Waals surface area contributed by atoms with Crippen molar-refractivity contribution in [1.29, 1.82) is 0 Å². The second-order valence-electron chi connectivity index (χ2n) is 27.4. The lowest BCUT2D eigenvalue weighted by molar-refractivity contribution is -0.117. The molecule has 596 valence electrons. The quantitative estimate of drug-likeness (QED) is 0.0175.